The molecule has 7 rings (SSSR count). The van der Waals surface area contributed by atoms with Crippen LogP contribution in [0.2, 0.25) is 0 Å². The van der Waals surface area contributed by atoms with E-state index in [0.29, 0.717) is 24.8 Å². The van der Waals surface area contributed by atoms with Gasteiger partial charge in [-0.05, 0) is 76.9 Å². The highest BCUT2D eigenvalue weighted by Crippen LogP contribution is 2.54. The summed E-state index contributed by atoms with van der Waals surface area (Å²) in [4.78, 5) is 16.9. The Morgan fingerprint density at radius 3 is 1.87 bits per heavy atom. The number of carbonyl (C=O) groups is 1. The molecule has 4 aromatic rings. The second kappa shape index (κ2) is 15.1. The van der Waals surface area contributed by atoms with Crippen LogP contribution >= 0.6 is 0 Å². The molecule has 2 aliphatic carbocycles. The second-order valence-corrected chi connectivity index (χ2v) is 13.5. The molecule has 4 atom stereocenters. The number of ether oxygens (including phenoxy) is 3. The summed E-state index contributed by atoms with van der Waals surface area (Å²) in [5.74, 6) is 0.443. The zero-order valence-corrected chi connectivity index (χ0v) is 30.1. The highest BCUT2D eigenvalue weighted by molar-refractivity contribution is 5.92. The van der Waals surface area contributed by atoms with Crippen molar-refractivity contribution < 1.29 is 19.0 Å². The fourth-order valence-corrected chi connectivity index (χ4v) is 7.95. The lowest BCUT2D eigenvalue weighted by Gasteiger charge is -2.54. The van der Waals surface area contributed by atoms with Gasteiger partial charge in [-0.15, -0.1) is 0 Å². The van der Waals surface area contributed by atoms with Gasteiger partial charge in [0, 0.05) is 19.6 Å². The van der Waals surface area contributed by atoms with Gasteiger partial charge in [0.2, 0.25) is 0 Å². The quantitative estimate of drug-likeness (QED) is 0.167. The van der Waals surface area contributed by atoms with Crippen LogP contribution in [0.15, 0.2) is 163 Å². The third-order valence-electron chi connectivity index (χ3n) is 10.6. The zero-order chi connectivity index (χ0) is 36.1. The average Bonchev–Trinajstić information content (AvgIpc) is 3.21. The highest BCUT2D eigenvalue weighted by Gasteiger charge is 2.52. The molecule has 6 heteroatoms. The van der Waals surface area contributed by atoms with Crippen LogP contribution in [0.5, 0.6) is 5.75 Å². The Morgan fingerprint density at radius 2 is 1.33 bits per heavy atom. The molecule has 264 valence electrons. The number of nitrogens with zero attached hydrogens (tertiary/aromatic N) is 1. The van der Waals surface area contributed by atoms with Crippen molar-refractivity contribution in [1.29, 1.82) is 0 Å². The minimum atomic E-state index is -0.937. The van der Waals surface area contributed by atoms with E-state index in [2.05, 4.69) is 114 Å². The van der Waals surface area contributed by atoms with Crippen LogP contribution in [-0.2, 0) is 14.3 Å². The Hall–Kier alpha value is -5.27. The van der Waals surface area contributed by atoms with E-state index in [1.807, 2.05) is 49.4 Å². The van der Waals surface area contributed by atoms with Crippen molar-refractivity contribution in [3.63, 3.8) is 0 Å². The fraction of sp³-hybridized carbons (Fsp3) is 0.239. The molecule has 1 heterocycles. The van der Waals surface area contributed by atoms with Gasteiger partial charge in [-0.1, -0.05) is 134 Å². The molecule has 4 unspecified atom stereocenters. The van der Waals surface area contributed by atoms with Crippen molar-refractivity contribution in [1.82, 2.24) is 4.90 Å². The van der Waals surface area contributed by atoms with Gasteiger partial charge in [-0.3, -0.25) is 4.90 Å². The van der Waals surface area contributed by atoms with Crippen molar-refractivity contribution in [2.24, 2.45) is 5.73 Å². The third kappa shape index (κ3) is 6.73. The third-order valence-corrected chi connectivity index (χ3v) is 10.6. The topological polar surface area (TPSA) is 74.0 Å². The van der Waals surface area contributed by atoms with Crippen molar-refractivity contribution in [2.75, 3.05) is 20.8 Å². The van der Waals surface area contributed by atoms with Crippen molar-refractivity contribution >= 4 is 17.1 Å². The van der Waals surface area contributed by atoms with Crippen molar-refractivity contribution in [2.45, 2.75) is 49.5 Å². The largest absolute Gasteiger partial charge is 0.497 e. The lowest BCUT2D eigenvalue weighted by Crippen LogP contribution is -2.57. The number of hydrogen-bond acceptors (Lipinski definition) is 6. The van der Waals surface area contributed by atoms with E-state index in [4.69, 9.17) is 19.9 Å². The molecule has 0 fully saturated rings. The molecular weight excluding hydrogens is 645 g/mol. The maximum Gasteiger partial charge on any atom is 0.336 e. The van der Waals surface area contributed by atoms with Crippen LogP contribution in [0, 0.1) is 0 Å². The van der Waals surface area contributed by atoms with Crippen LogP contribution in [0.25, 0.3) is 11.1 Å². The number of rotatable bonds is 10. The first-order valence-electron chi connectivity index (χ1n) is 18.0. The Morgan fingerprint density at radius 1 is 0.750 bits per heavy atom. The van der Waals surface area contributed by atoms with E-state index < -0.39 is 17.3 Å². The van der Waals surface area contributed by atoms with Gasteiger partial charge in [0.05, 0.1) is 30.9 Å². The minimum absolute atomic E-state index is 0.198. The van der Waals surface area contributed by atoms with E-state index >= 15 is 0 Å². The number of carbonyl (C=O) groups excluding carboxylic acids is 1. The molecule has 0 radical (unpaired) electrons. The lowest BCUT2D eigenvalue weighted by molar-refractivity contribution is -0.151. The van der Waals surface area contributed by atoms with Gasteiger partial charge in [-0.2, -0.15) is 0 Å². The van der Waals surface area contributed by atoms with Gasteiger partial charge < -0.3 is 19.9 Å². The normalized spacial score (nSPS) is 24.6. The number of allylic oxidation sites excluding steroid dienone is 4. The van der Waals surface area contributed by atoms with Gasteiger partial charge >= 0.3 is 5.97 Å². The minimum Gasteiger partial charge on any atom is -0.497 e. The van der Waals surface area contributed by atoms with E-state index in [0.717, 1.165) is 44.7 Å². The molecule has 0 saturated heterocycles. The maximum atomic E-state index is 14.5. The summed E-state index contributed by atoms with van der Waals surface area (Å²) in [6.07, 6.45) is 14.5. The molecule has 0 bridgehead atoms. The zero-order valence-electron chi connectivity index (χ0n) is 30.1. The van der Waals surface area contributed by atoms with Crippen LogP contribution in [0.4, 0.5) is 0 Å². The maximum absolute atomic E-state index is 14.5. The summed E-state index contributed by atoms with van der Waals surface area (Å²) in [6.45, 7) is 2.09. The van der Waals surface area contributed by atoms with Gasteiger partial charge in [0.25, 0.3) is 0 Å². The Bertz CT molecular complexity index is 2030. The number of hydrogen-bond donors (Lipinski definition) is 1. The van der Waals surface area contributed by atoms with Gasteiger partial charge in [-0.25, -0.2) is 4.79 Å². The standard InChI is InChI=1S/C46H46N2O4/c1-4-52-44(49)42-40(45(47)28-24-35(25-29-45)34-20-22-39(50-2)23-21-34)32-41(37-16-10-6-11-17-37)48(43(42)38-18-12-7-13-19-38)46(51-3)30-26-36(27-31-46)33-14-8-5-9-15-33/h5-28,30,41,43H,4,29,31-32,47H2,1-3H3. The molecule has 0 amide bonds. The molecule has 4 aromatic carbocycles. The monoisotopic (exact) mass is 690 g/mol. The summed E-state index contributed by atoms with van der Waals surface area (Å²) in [5.41, 5.74) is 13.6. The van der Waals surface area contributed by atoms with Gasteiger partial charge in [0.1, 0.15) is 11.5 Å². The molecule has 6 nitrogen and oxygen atoms in total. The van der Waals surface area contributed by atoms with E-state index in [9.17, 15) is 4.79 Å². The molecule has 0 spiro atoms. The predicted octanol–water partition coefficient (Wildman–Crippen LogP) is 9.17. The van der Waals surface area contributed by atoms with Crippen molar-refractivity contribution in [3.8, 4) is 5.75 Å². The van der Waals surface area contributed by atoms with Crippen LogP contribution in [0.3, 0.4) is 0 Å². The van der Waals surface area contributed by atoms with Crippen molar-refractivity contribution in [3.05, 3.63) is 185 Å². The fourth-order valence-electron chi connectivity index (χ4n) is 7.95. The SMILES string of the molecule is CCOC(=O)C1=C(C2(N)C=CC(c3ccc(OC)cc3)=CC2)CC(c2ccccc2)N(C2(OC)C=CC(c3ccccc3)=CC2)C1c1ccccc1. The first-order valence-corrected chi connectivity index (χ1v) is 18.0. The number of methoxy groups -OCH3 is 2. The lowest BCUT2D eigenvalue weighted by atomic mass is 9.70. The predicted molar refractivity (Wildman–Crippen MR) is 208 cm³/mol. The number of esters is 1. The van der Waals surface area contributed by atoms with Crippen LogP contribution in [-0.4, -0.2) is 43.0 Å². The molecule has 0 aromatic heterocycles. The average molecular weight is 691 g/mol. The second-order valence-electron chi connectivity index (χ2n) is 13.5. The summed E-state index contributed by atoms with van der Waals surface area (Å²) in [7, 11) is 3.43. The summed E-state index contributed by atoms with van der Waals surface area (Å²) < 4.78 is 17.9. The number of benzene rings is 4. The number of nitrogens with two attached hydrogens (primary N) is 1. The smallest absolute Gasteiger partial charge is 0.336 e. The van der Waals surface area contributed by atoms with E-state index in [1.54, 1.807) is 14.2 Å². The van der Waals surface area contributed by atoms with E-state index in [-0.39, 0.29) is 18.6 Å². The van der Waals surface area contributed by atoms with Crippen LogP contribution < -0.4 is 10.5 Å². The Balaban J connectivity index is 1.40. The van der Waals surface area contributed by atoms with Gasteiger partial charge in [0.15, 0.2) is 0 Å². The Kier molecular flexibility index (Phi) is 10.2. The summed E-state index contributed by atoms with van der Waals surface area (Å²) in [6, 6.07) is 38.4. The highest BCUT2D eigenvalue weighted by atomic mass is 16.5. The summed E-state index contributed by atoms with van der Waals surface area (Å²) in [5, 5.41) is 0. The molecule has 2 N–H and O–H groups in total. The first kappa shape index (κ1) is 35.1. The van der Waals surface area contributed by atoms with E-state index in [1.165, 1.54) is 0 Å². The molecular formula is C46H46N2O4. The van der Waals surface area contributed by atoms with Crippen LogP contribution in [0.1, 0.15) is 60.5 Å². The molecule has 52 heavy (non-hydrogen) atoms. The molecule has 3 aliphatic rings. The molecule has 1 aliphatic heterocycles. The Labute approximate surface area is 307 Å². The molecule has 0 saturated carbocycles. The summed E-state index contributed by atoms with van der Waals surface area (Å²) >= 11 is 0. The first-order chi connectivity index (χ1) is 25.4.